The number of hydrogen-bond acceptors (Lipinski definition) is 4. The van der Waals surface area contributed by atoms with E-state index < -0.39 is 17.0 Å². The maximum Gasteiger partial charge on any atom is 0.337 e. The molecule has 1 aromatic heterocycles. The molecule has 4 rings (SSSR count). The molecule has 0 spiro atoms. The second kappa shape index (κ2) is 7.83. The number of rotatable bonds is 5. The van der Waals surface area contributed by atoms with Gasteiger partial charge in [0.15, 0.2) is 11.1 Å². The Hall–Kier alpha value is -3.55. The van der Waals surface area contributed by atoms with Crippen LogP contribution in [-0.2, 0) is 11.1 Å². The van der Waals surface area contributed by atoms with Gasteiger partial charge >= 0.3 is 5.97 Å². The van der Waals surface area contributed by atoms with Crippen molar-refractivity contribution < 1.29 is 23.4 Å². The van der Waals surface area contributed by atoms with E-state index in [4.69, 9.17) is 4.74 Å². The van der Waals surface area contributed by atoms with Gasteiger partial charge < -0.3 is 14.4 Å². The van der Waals surface area contributed by atoms with Gasteiger partial charge in [-0.3, -0.25) is 4.98 Å². The Labute approximate surface area is 168 Å². The minimum atomic E-state index is -2.09. The highest BCUT2D eigenvalue weighted by Crippen LogP contribution is 2.32. The van der Waals surface area contributed by atoms with E-state index in [0.717, 1.165) is 16.5 Å². The third-order valence-electron chi connectivity index (χ3n) is 4.39. The quantitative estimate of drug-likeness (QED) is 0.455. The lowest BCUT2D eigenvalue weighted by atomic mass is 9.99. The Kier molecular flexibility index (Phi) is 5.07. The first kappa shape index (κ1) is 18.8. The van der Waals surface area contributed by atoms with Crippen LogP contribution in [0, 0.1) is 0 Å². The van der Waals surface area contributed by atoms with Crippen molar-refractivity contribution in [3.8, 4) is 22.6 Å². The number of hydrogen-bond donors (Lipinski definition) is 2. The fourth-order valence-electron chi connectivity index (χ4n) is 3.11. The summed E-state index contributed by atoms with van der Waals surface area (Å²) in [6.07, 6.45) is 1.58. The number of fused-ring (bicyclic) bond motifs is 1. The predicted octanol–water partition coefficient (Wildman–Crippen LogP) is 4.97. The molecule has 2 N–H and O–H groups in total. The van der Waals surface area contributed by atoms with Crippen molar-refractivity contribution in [2.24, 2.45) is 0 Å². The highest BCUT2D eigenvalue weighted by molar-refractivity contribution is 7.79. The molecule has 4 aromatic rings. The lowest BCUT2D eigenvalue weighted by Gasteiger charge is -2.11. The molecule has 1 unspecified atom stereocenters. The van der Waals surface area contributed by atoms with Crippen molar-refractivity contribution in [1.82, 2.24) is 4.98 Å². The Bertz CT molecular complexity index is 1250. The van der Waals surface area contributed by atoms with E-state index in [1.54, 1.807) is 36.5 Å². The SMILES string of the molecule is O=C(O)c1cccc2c(-c3cccc(Oc4cccc(S(=O)O)c4)c3)ccnc12. The summed E-state index contributed by atoms with van der Waals surface area (Å²) < 4.78 is 26.3. The highest BCUT2D eigenvalue weighted by atomic mass is 32.2. The van der Waals surface area contributed by atoms with Crippen LogP contribution in [0.2, 0.25) is 0 Å². The summed E-state index contributed by atoms with van der Waals surface area (Å²) in [4.78, 5) is 16.0. The van der Waals surface area contributed by atoms with Gasteiger partial charge in [0.05, 0.1) is 16.0 Å². The molecule has 0 saturated carbocycles. The molecule has 0 radical (unpaired) electrons. The van der Waals surface area contributed by atoms with E-state index in [-0.39, 0.29) is 10.5 Å². The first-order valence-corrected chi connectivity index (χ1v) is 9.74. The largest absolute Gasteiger partial charge is 0.478 e. The lowest BCUT2D eigenvalue weighted by molar-refractivity contribution is 0.0699. The third kappa shape index (κ3) is 3.87. The smallest absolute Gasteiger partial charge is 0.337 e. The summed E-state index contributed by atoms with van der Waals surface area (Å²) in [6, 6.07) is 20.6. The number of nitrogens with zero attached hydrogens (tertiary/aromatic N) is 1. The second-order valence-electron chi connectivity index (χ2n) is 6.22. The molecule has 7 heteroatoms. The van der Waals surface area contributed by atoms with Crippen LogP contribution in [0.4, 0.5) is 0 Å². The zero-order chi connectivity index (χ0) is 20.4. The van der Waals surface area contributed by atoms with Crippen molar-refractivity contribution in [3.63, 3.8) is 0 Å². The van der Waals surface area contributed by atoms with Gasteiger partial charge in [-0.25, -0.2) is 9.00 Å². The Morgan fingerprint density at radius 2 is 1.66 bits per heavy atom. The van der Waals surface area contributed by atoms with E-state index in [9.17, 15) is 18.7 Å². The van der Waals surface area contributed by atoms with Crippen LogP contribution < -0.4 is 4.74 Å². The van der Waals surface area contributed by atoms with Crippen molar-refractivity contribution in [1.29, 1.82) is 0 Å². The van der Waals surface area contributed by atoms with Gasteiger partial charge in [0, 0.05) is 11.6 Å². The van der Waals surface area contributed by atoms with Crippen LogP contribution in [0.3, 0.4) is 0 Å². The number of aromatic carboxylic acids is 1. The van der Waals surface area contributed by atoms with Crippen LogP contribution >= 0.6 is 0 Å². The molecule has 0 aliphatic rings. The average molecular weight is 405 g/mol. The summed E-state index contributed by atoms with van der Waals surface area (Å²) in [5.41, 5.74) is 2.22. The van der Waals surface area contributed by atoms with Crippen LogP contribution in [0.25, 0.3) is 22.0 Å². The molecular formula is C22H15NO5S. The molecule has 1 atom stereocenters. The number of carbonyl (C=O) groups is 1. The van der Waals surface area contributed by atoms with Crippen LogP contribution in [0.1, 0.15) is 10.4 Å². The molecule has 0 aliphatic heterocycles. The van der Waals surface area contributed by atoms with Crippen molar-refractivity contribution in [2.45, 2.75) is 4.90 Å². The number of benzene rings is 3. The minimum absolute atomic E-state index is 0.144. The molecule has 144 valence electrons. The van der Waals surface area contributed by atoms with Gasteiger partial charge in [0.1, 0.15) is 11.5 Å². The molecule has 29 heavy (non-hydrogen) atoms. The molecule has 6 nitrogen and oxygen atoms in total. The fraction of sp³-hybridized carbons (Fsp3) is 0. The van der Waals surface area contributed by atoms with Gasteiger partial charge in [-0.2, -0.15) is 0 Å². The van der Waals surface area contributed by atoms with Gasteiger partial charge in [0.2, 0.25) is 0 Å². The van der Waals surface area contributed by atoms with E-state index in [0.29, 0.717) is 17.0 Å². The average Bonchev–Trinajstić information content (AvgIpc) is 2.73. The standard InChI is InChI=1S/C22H15NO5S/c24-22(25)20-9-3-8-19-18(10-11-23-21(19)20)14-4-1-5-15(12-14)28-16-6-2-7-17(13-16)29(26)27/h1-13H,(H,24,25)(H,26,27). The summed E-state index contributed by atoms with van der Waals surface area (Å²) in [6.45, 7) is 0. The van der Waals surface area contributed by atoms with Crippen molar-refractivity contribution in [2.75, 3.05) is 0 Å². The molecule has 0 saturated heterocycles. The number of para-hydroxylation sites is 1. The van der Waals surface area contributed by atoms with E-state index in [1.165, 1.54) is 12.1 Å². The van der Waals surface area contributed by atoms with Crippen molar-refractivity contribution in [3.05, 3.63) is 84.6 Å². The molecule has 3 aromatic carbocycles. The number of carboxylic acids is 1. The summed E-state index contributed by atoms with van der Waals surface area (Å²) in [5.74, 6) is -0.0454. The number of carboxylic acid groups (broad SMARTS) is 1. The van der Waals surface area contributed by atoms with E-state index >= 15 is 0 Å². The van der Waals surface area contributed by atoms with Gasteiger partial charge in [-0.1, -0.05) is 30.3 Å². The molecule has 1 heterocycles. The number of aromatic nitrogens is 1. The first-order valence-electron chi connectivity index (χ1n) is 8.63. The minimum Gasteiger partial charge on any atom is -0.478 e. The molecule has 0 amide bonds. The highest BCUT2D eigenvalue weighted by Gasteiger charge is 2.13. The fourth-order valence-corrected chi connectivity index (χ4v) is 3.52. The monoisotopic (exact) mass is 405 g/mol. The zero-order valence-electron chi connectivity index (χ0n) is 15.0. The first-order chi connectivity index (χ1) is 14.0. The van der Waals surface area contributed by atoms with Crippen LogP contribution in [0.5, 0.6) is 11.5 Å². The van der Waals surface area contributed by atoms with Crippen LogP contribution in [-0.4, -0.2) is 24.8 Å². The topological polar surface area (TPSA) is 96.7 Å². The Morgan fingerprint density at radius 3 is 2.41 bits per heavy atom. The summed E-state index contributed by atoms with van der Waals surface area (Å²) in [7, 11) is 0. The zero-order valence-corrected chi connectivity index (χ0v) is 15.8. The molecule has 0 fully saturated rings. The van der Waals surface area contributed by atoms with Crippen molar-refractivity contribution >= 4 is 28.0 Å². The third-order valence-corrected chi connectivity index (χ3v) is 5.05. The summed E-state index contributed by atoms with van der Waals surface area (Å²) >= 11 is -2.09. The van der Waals surface area contributed by atoms with E-state index in [2.05, 4.69) is 4.98 Å². The number of ether oxygens (including phenoxy) is 1. The maximum absolute atomic E-state index is 11.5. The molecule has 0 bridgehead atoms. The van der Waals surface area contributed by atoms with Crippen LogP contribution in [0.15, 0.2) is 83.9 Å². The number of pyridine rings is 1. The lowest BCUT2D eigenvalue weighted by Crippen LogP contribution is -1.99. The maximum atomic E-state index is 11.5. The normalized spacial score (nSPS) is 11.9. The Morgan fingerprint density at radius 1 is 0.931 bits per heavy atom. The van der Waals surface area contributed by atoms with Gasteiger partial charge in [-0.05, 0) is 53.6 Å². The second-order valence-corrected chi connectivity index (χ2v) is 7.19. The molecular weight excluding hydrogens is 390 g/mol. The predicted molar refractivity (Wildman–Crippen MR) is 110 cm³/mol. The van der Waals surface area contributed by atoms with Gasteiger partial charge in [0.25, 0.3) is 0 Å². The van der Waals surface area contributed by atoms with E-state index in [1.807, 2.05) is 30.3 Å². The summed E-state index contributed by atoms with van der Waals surface area (Å²) in [5, 5.41) is 10.1. The molecule has 0 aliphatic carbocycles. The van der Waals surface area contributed by atoms with Gasteiger partial charge in [-0.15, -0.1) is 0 Å². The Balaban J connectivity index is 1.75.